The van der Waals surface area contributed by atoms with Gasteiger partial charge in [-0.3, -0.25) is 9.69 Å². The van der Waals surface area contributed by atoms with Crippen molar-refractivity contribution in [3.63, 3.8) is 0 Å². The molecule has 29 heavy (non-hydrogen) atoms. The maximum atomic E-state index is 13.6. The zero-order chi connectivity index (χ0) is 20.9. The van der Waals surface area contributed by atoms with E-state index in [2.05, 4.69) is 15.3 Å². The van der Waals surface area contributed by atoms with Crippen LogP contribution in [-0.4, -0.2) is 41.0 Å². The van der Waals surface area contributed by atoms with Gasteiger partial charge in [-0.25, -0.2) is 9.97 Å². The van der Waals surface area contributed by atoms with Crippen molar-refractivity contribution >= 4 is 29.7 Å². The van der Waals surface area contributed by atoms with Crippen LogP contribution in [0.2, 0.25) is 5.02 Å². The summed E-state index contributed by atoms with van der Waals surface area (Å²) in [5.41, 5.74) is -0.432. The van der Waals surface area contributed by atoms with Gasteiger partial charge in [0.2, 0.25) is 5.95 Å². The monoisotopic (exact) mass is 428 g/mol. The average molecular weight is 429 g/mol. The zero-order valence-electron chi connectivity index (χ0n) is 15.5. The van der Waals surface area contributed by atoms with Gasteiger partial charge in [0.25, 0.3) is 6.47 Å². The first-order chi connectivity index (χ1) is 13.8. The lowest BCUT2D eigenvalue weighted by Crippen LogP contribution is -2.35. The highest BCUT2D eigenvalue weighted by Crippen LogP contribution is 2.32. The summed E-state index contributed by atoms with van der Waals surface area (Å²) in [5, 5.41) is 3.20. The molecule has 1 aliphatic heterocycles. The van der Waals surface area contributed by atoms with Gasteiger partial charge in [-0.15, -0.1) is 0 Å². The molecule has 0 radical (unpaired) electrons. The number of hydrogen-bond donors (Lipinski definition) is 1. The minimum Gasteiger partial charge on any atom is -0.468 e. The Morgan fingerprint density at radius 1 is 1.31 bits per heavy atom. The maximum Gasteiger partial charge on any atom is 0.433 e. The van der Waals surface area contributed by atoms with Crippen molar-refractivity contribution in [3.8, 4) is 0 Å². The van der Waals surface area contributed by atoms with E-state index in [1.807, 2.05) is 4.90 Å². The van der Waals surface area contributed by atoms with Crippen LogP contribution in [0.1, 0.15) is 24.1 Å². The lowest BCUT2D eigenvalue weighted by atomic mass is 9.97. The van der Waals surface area contributed by atoms with Crippen LogP contribution in [0, 0.1) is 5.92 Å². The van der Waals surface area contributed by atoms with Crippen molar-refractivity contribution in [2.24, 2.45) is 5.92 Å². The molecule has 2 aromatic rings. The molecule has 3 rings (SSSR count). The van der Waals surface area contributed by atoms with Crippen molar-refractivity contribution in [3.05, 3.63) is 46.7 Å². The average Bonchev–Trinajstić information content (AvgIpc) is 2.68. The number of benzene rings is 1. The molecule has 0 atom stereocenters. The first-order valence-electron chi connectivity index (χ1n) is 9.08. The zero-order valence-corrected chi connectivity index (χ0v) is 16.2. The molecule has 0 aliphatic carbocycles. The van der Waals surface area contributed by atoms with E-state index >= 15 is 0 Å². The van der Waals surface area contributed by atoms with Crippen LogP contribution in [-0.2, 0) is 22.3 Å². The van der Waals surface area contributed by atoms with Crippen molar-refractivity contribution in [2.45, 2.75) is 25.6 Å². The Morgan fingerprint density at radius 2 is 2.07 bits per heavy atom. The standard InChI is InChI=1S/C19H20ClF3N4O2/c20-15-2-1-3-16(8-15)25-18-24-9-14(17(26-18)19(21,22)23)10-27-6-4-13(5-7-27)11-29-12-28/h1-3,8-9,12-13H,4-7,10-11H2,(H,24,25,26). The fourth-order valence-corrected chi connectivity index (χ4v) is 3.44. The van der Waals surface area contributed by atoms with Gasteiger partial charge in [0.1, 0.15) is 0 Å². The van der Waals surface area contributed by atoms with Gasteiger partial charge in [0.15, 0.2) is 5.69 Å². The normalized spacial score (nSPS) is 15.9. The van der Waals surface area contributed by atoms with Gasteiger partial charge < -0.3 is 10.1 Å². The van der Waals surface area contributed by atoms with E-state index in [1.54, 1.807) is 24.3 Å². The second kappa shape index (κ2) is 9.41. The number of piperidine rings is 1. The topological polar surface area (TPSA) is 67.3 Å². The quantitative estimate of drug-likeness (QED) is 0.664. The van der Waals surface area contributed by atoms with Crippen LogP contribution in [0.25, 0.3) is 0 Å². The van der Waals surface area contributed by atoms with Gasteiger partial charge in [0.05, 0.1) is 6.61 Å². The number of rotatable bonds is 7. The summed E-state index contributed by atoms with van der Waals surface area (Å²) in [5.74, 6) is 0.0899. The Bertz CT molecular complexity index is 842. The predicted molar refractivity (Wildman–Crippen MR) is 102 cm³/mol. The van der Waals surface area contributed by atoms with Crippen molar-refractivity contribution in [2.75, 3.05) is 25.0 Å². The molecule has 1 saturated heterocycles. The third-order valence-corrected chi connectivity index (χ3v) is 4.95. The van der Waals surface area contributed by atoms with Crippen molar-refractivity contribution in [1.82, 2.24) is 14.9 Å². The molecule has 2 heterocycles. The van der Waals surface area contributed by atoms with E-state index in [0.29, 0.717) is 36.9 Å². The van der Waals surface area contributed by atoms with Crippen LogP contribution in [0.15, 0.2) is 30.5 Å². The fraction of sp³-hybridized carbons (Fsp3) is 0.421. The molecular formula is C19H20ClF3N4O2. The highest BCUT2D eigenvalue weighted by Gasteiger charge is 2.36. The summed E-state index contributed by atoms with van der Waals surface area (Å²) < 4.78 is 45.5. The molecule has 1 N–H and O–H groups in total. The number of likely N-dealkylation sites (tertiary alicyclic amines) is 1. The Hall–Kier alpha value is -2.39. The molecule has 1 aromatic carbocycles. The molecule has 10 heteroatoms. The van der Waals surface area contributed by atoms with Crippen LogP contribution < -0.4 is 5.32 Å². The molecule has 1 aliphatic rings. The summed E-state index contributed by atoms with van der Waals surface area (Å²) in [6.45, 7) is 2.10. The first kappa shape index (κ1) is 21.3. The van der Waals surface area contributed by atoms with E-state index in [0.717, 1.165) is 12.8 Å². The molecule has 0 amide bonds. The number of halogens is 4. The molecule has 0 unspecified atom stereocenters. The summed E-state index contributed by atoms with van der Waals surface area (Å²) in [4.78, 5) is 20.0. The Kier molecular flexibility index (Phi) is 6.92. The Morgan fingerprint density at radius 3 is 2.72 bits per heavy atom. The lowest BCUT2D eigenvalue weighted by molar-refractivity contribution is -0.142. The second-order valence-electron chi connectivity index (χ2n) is 6.85. The minimum absolute atomic E-state index is 0.0248. The third kappa shape index (κ3) is 6.04. The smallest absolute Gasteiger partial charge is 0.433 e. The van der Waals surface area contributed by atoms with Crippen molar-refractivity contribution in [1.29, 1.82) is 0 Å². The molecular weight excluding hydrogens is 409 g/mol. The number of hydrogen-bond acceptors (Lipinski definition) is 6. The maximum absolute atomic E-state index is 13.6. The summed E-state index contributed by atoms with van der Waals surface area (Å²) in [6, 6.07) is 6.57. The minimum atomic E-state index is -4.60. The van der Waals surface area contributed by atoms with Crippen LogP contribution in [0.4, 0.5) is 24.8 Å². The van der Waals surface area contributed by atoms with Gasteiger partial charge in [0, 0.05) is 29.0 Å². The molecule has 6 nitrogen and oxygen atoms in total. The number of carbonyl (C=O) groups is 1. The number of anilines is 2. The first-order valence-corrected chi connectivity index (χ1v) is 9.46. The van der Waals surface area contributed by atoms with Crippen molar-refractivity contribution < 1.29 is 22.7 Å². The largest absolute Gasteiger partial charge is 0.468 e. The van der Waals surface area contributed by atoms with Gasteiger partial charge in [-0.1, -0.05) is 17.7 Å². The number of ether oxygens (including phenoxy) is 1. The van der Waals surface area contributed by atoms with E-state index in [4.69, 9.17) is 16.3 Å². The molecule has 1 fully saturated rings. The third-order valence-electron chi connectivity index (χ3n) is 4.71. The van der Waals surface area contributed by atoms with Crippen LogP contribution in [0.5, 0.6) is 0 Å². The SMILES string of the molecule is O=COCC1CCN(Cc2cnc(Nc3cccc(Cl)c3)nc2C(F)(F)F)CC1. The van der Waals surface area contributed by atoms with E-state index in [1.165, 1.54) is 6.20 Å². The highest BCUT2D eigenvalue weighted by molar-refractivity contribution is 6.30. The van der Waals surface area contributed by atoms with Gasteiger partial charge in [-0.2, -0.15) is 13.2 Å². The number of nitrogens with zero attached hydrogens (tertiary/aromatic N) is 3. The number of nitrogens with one attached hydrogen (secondary N) is 1. The van der Waals surface area contributed by atoms with E-state index in [-0.39, 0.29) is 24.0 Å². The predicted octanol–water partition coefficient (Wildman–Crippen LogP) is 4.28. The number of alkyl halides is 3. The highest BCUT2D eigenvalue weighted by atomic mass is 35.5. The molecule has 0 spiro atoms. The number of aromatic nitrogens is 2. The summed E-state index contributed by atoms with van der Waals surface area (Å²) in [7, 11) is 0. The lowest BCUT2D eigenvalue weighted by Gasteiger charge is -2.31. The fourth-order valence-electron chi connectivity index (χ4n) is 3.25. The van der Waals surface area contributed by atoms with E-state index in [9.17, 15) is 18.0 Å². The Balaban J connectivity index is 1.71. The van der Waals surface area contributed by atoms with Crippen LogP contribution >= 0.6 is 11.6 Å². The van der Waals surface area contributed by atoms with Gasteiger partial charge >= 0.3 is 6.18 Å². The van der Waals surface area contributed by atoms with E-state index < -0.39 is 11.9 Å². The van der Waals surface area contributed by atoms with Crippen LogP contribution in [0.3, 0.4) is 0 Å². The molecule has 0 bridgehead atoms. The molecule has 156 valence electrons. The summed E-state index contributed by atoms with van der Waals surface area (Å²) >= 11 is 5.90. The number of carbonyl (C=O) groups excluding carboxylic acids is 1. The molecule has 0 saturated carbocycles. The second-order valence-corrected chi connectivity index (χ2v) is 7.29. The molecule has 1 aromatic heterocycles. The van der Waals surface area contributed by atoms with Gasteiger partial charge in [-0.05, 0) is 50.0 Å². The Labute approximate surface area is 171 Å². The summed E-state index contributed by atoms with van der Waals surface area (Å²) in [6.07, 6.45) is -1.88.